The minimum absolute atomic E-state index is 0.0433. The zero-order chi connectivity index (χ0) is 21.0. The van der Waals surface area contributed by atoms with Crippen molar-refractivity contribution in [3.63, 3.8) is 0 Å². The van der Waals surface area contributed by atoms with Crippen LogP contribution in [0.1, 0.15) is 11.1 Å². The molecule has 0 bridgehead atoms. The van der Waals surface area contributed by atoms with E-state index in [4.69, 9.17) is 14.6 Å². The van der Waals surface area contributed by atoms with E-state index in [1.807, 2.05) is 0 Å². The summed E-state index contributed by atoms with van der Waals surface area (Å²) in [6, 6.07) is 9.98. The molecule has 0 aliphatic carbocycles. The van der Waals surface area contributed by atoms with Gasteiger partial charge in [0.2, 0.25) is 0 Å². The molecular formula is C20H17FN2O6. The number of urea groups is 1. The normalized spacial score (nSPS) is 14.8. The molecule has 0 spiro atoms. The van der Waals surface area contributed by atoms with Gasteiger partial charge in [0.05, 0.1) is 7.11 Å². The molecule has 2 aromatic rings. The zero-order valence-electron chi connectivity index (χ0n) is 15.3. The molecule has 1 saturated heterocycles. The van der Waals surface area contributed by atoms with Gasteiger partial charge in [-0.15, -0.1) is 0 Å². The van der Waals surface area contributed by atoms with E-state index in [9.17, 15) is 18.8 Å². The summed E-state index contributed by atoms with van der Waals surface area (Å²) in [6.45, 7) is -0.517. The van der Waals surface area contributed by atoms with Crippen LogP contribution in [0.4, 0.5) is 9.18 Å². The maximum absolute atomic E-state index is 13.0. The van der Waals surface area contributed by atoms with Gasteiger partial charge in [0, 0.05) is 0 Å². The van der Waals surface area contributed by atoms with Crippen LogP contribution in [0.15, 0.2) is 48.2 Å². The number of imide groups is 1. The Bertz CT molecular complexity index is 987. The highest BCUT2D eigenvalue weighted by molar-refractivity contribution is 6.15. The molecule has 1 aliphatic rings. The summed E-state index contributed by atoms with van der Waals surface area (Å²) in [5.41, 5.74) is 1.27. The van der Waals surface area contributed by atoms with Crippen molar-refractivity contribution < 1.29 is 33.4 Å². The summed E-state index contributed by atoms with van der Waals surface area (Å²) in [7, 11) is 1.45. The summed E-state index contributed by atoms with van der Waals surface area (Å²) in [4.78, 5) is 35.3. The quantitative estimate of drug-likeness (QED) is 0.546. The molecule has 2 N–H and O–H groups in total. The molecule has 0 radical (unpaired) electrons. The fourth-order valence-electron chi connectivity index (χ4n) is 2.65. The number of halogens is 1. The van der Waals surface area contributed by atoms with Gasteiger partial charge in [-0.2, -0.15) is 0 Å². The lowest BCUT2D eigenvalue weighted by Crippen LogP contribution is -2.35. The van der Waals surface area contributed by atoms with Crippen molar-refractivity contribution in [3.05, 3.63) is 65.1 Å². The number of carboxylic acid groups (broad SMARTS) is 1. The lowest BCUT2D eigenvalue weighted by Gasteiger charge is -2.11. The molecule has 0 saturated carbocycles. The van der Waals surface area contributed by atoms with Crippen molar-refractivity contribution in [1.82, 2.24) is 10.2 Å². The van der Waals surface area contributed by atoms with Crippen LogP contribution < -0.4 is 14.8 Å². The van der Waals surface area contributed by atoms with E-state index in [1.54, 1.807) is 30.3 Å². The van der Waals surface area contributed by atoms with Gasteiger partial charge < -0.3 is 19.9 Å². The largest absolute Gasteiger partial charge is 0.493 e. The Kier molecular flexibility index (Phi) is 5.77. The number of hydrogen-bond acceptors (Lipinski definition) is 5. The van der Waals surface area contributed by atoms with Crippen molar-refractivity contribution in [3.8, 4) is 11.5 Å². The molecule has 1 aliphatic heterocycles. The number of rotatable bonds is 7. The van der Waals surface area contributed by atoms with Crippen LogP contribution in [0.5, 0.6) is 11.5 Å². The van der Waals surface area contributed by atoms with Crippen LogP contribution in [0, 0.1) is 5.82 Å². The van der Waals surface area contributed by atoms with E-state index in [0.717, 1.165) is 5.56 Å². The van der Waals surface area contributed by atoms with E-state index in [0.29, 0.717) is 22.0 Å². The standard InChI is InChI=1S/C20H17FN2O6/c1-28-17-9-13(8-15-19(26)23(10-18(24)25)20(27)22-15)4-7-16(17)29-11-12-2-5-14(21)6-3-12/h2-9H,10-11H2,1H3,(H,22,27)(H,24,25)/b15-8+. The van der Waals surface area contributed by atoms with E-state index >= 15 is 0 Å². The van der Waals surface area contributed by atoms with Crippen LogP contribution in [0.2, 0.25) is 0 Å². The molecule has 1 fully saturated rings. The molecule has 3 amide bonds. The first-order chi connectivity index (χ1) is 13.9. The Hall–Kier alpha value is -3.88. The second-order valence-corrected chi connectivity index (χ2v) is 6.10. The minimum atomic E-state index is -1.29. The second kappa shape index (κ2) is 8.42. The van der Waals surface area contributed by atoms with Crippen molar-refractivity contribution in [2.24, 2.45) is 0 Å². The van der Waals surface area contributed by atoms with Crippen molar-refractivity contribution in [2.75, 3.05) is 13.7 Å². The van der Waals surface area contributed by atoms with Gasteiger partial charge in [0.1, 0.15) is 24.7 Å². The lowest BCUT2D eigenvalue weighted by atomic mass is 10.1. The predicted molar refractivity (Wildman–Crippen MR) is 99.6 cm³/mol. The second-order valence-electron chi connectivity index (χ2n) is 6.10. The van der Waals surface area contributed by atoms with Gasteiger partial charge in [-0.3, -0.25) is 9.59 Å². The predicted octanol–water partition coefficient (Wildman–Crippen LogP) is 2.39. The number of hydrogen-bond donors (Lipinski definition) is 2. The van der Waals surface area contributed by atoms with E-state index < -0.39 is 24.5 Å². The van der Waals surface area contributed by atoms with Crippen LogP contribution in [0.25, 0.3) is 6.08 Å². The number of carbonyl (C=O) groups is 3. The van der Waals surface area contributed by atoms with E-state index in [1.165, 1.54) is 25.3 Å². The Labute approximate surface area is 165 Å². The summed E-state index contributed by atoms with van der Waals surface area (Å²) in [5.74, 6) is -1.53. The molecule has 29 heavy (non-hydrogen) atoms. The van der Waals surface area contributed by atoms with Gasteiger partial charge in [-0.25, -0.2) is 14.1 Å². The molecule has 2 aromatic carbocycles. The molecule has 150 valence electrons. The third kappa shape index (κ3) is 4.70. The zero-order valence-corrected chi connectivity index (χ0v) is 15.3. The average molecular weight is 400 g/mol. The van der Waals surface area contributed by atoms with Crippen LogP contribution >= 0.6 is 0 Å². The van der Waals surface area contributed by atoms with E-state index in [-0.39, 0.29) is 18.1 Å². The lowest BCUT2D eigenvalue weighted by molar-refractivity contribution is -0.140. The van der Waals surface area contributed by atoms with Gasteiger partial charge in [-0.05, 0) is 41.5 Å². The van der Waals surface area contributed by atoms with Gasteiger partial charge in [0.25, 0.3) is 5.91 Å². The topological polar surface area (TPSA) is 105 Å². The van der Waals surface area contributed by atoms with Crippen molar-refractivity contribution in [1.29, 1.82) is 0 Å². The molecule has 9 heteroatoms. The Morgan fingerprint density at radius 3 is 2.55 bits per heavy atom. The van der Waals surface area contributed by atoms with Crippen LogP contribution in [-0.2, 0) is 16.2 Å². The maximum atomic E-state index is 13.0. The third-order valence-electron chi connectivity index (χ3n) is 4.06. The highest BCUT2D eigenvalue weighted by atomic mass is 19.1. The Morgan fingerprint density at radius 1 is 1.17 bits per heavy atom. The fourth-order valence-corrected chi connectivity index (χ4v) is 2.65. The molecule has 0 aromatic heterocycles. The van der Waals surface area contributed by atoms with Gasteiger partial charge >= 0.3 is 12.0 Å². The Morgan fingerprint density at radius 2 is 1.90 bits per heavy atom. The molecule has 8 nitrogen and oxygen atoms in total. The molecule has 0 unspecified atom stereocenters. The highest BCUT2D eigenvalue weighted by Gasteiger charge is 2.34. The molecule has 0 atom stereocenters. The summed E-state index contributed by atoms with van der Waals surface area (Å²) in [5, 5.41) is 11.1. The fraction of sp³-hybridized carbons (Fsp3) is 0.150. The smallest absolute Gasteiger partial charge is 0.329 e. The number of ether oxygens (including phenoxy) is 2. The number of aliphatic carboxylic acids is 1. The number of amides is 3. The number of benzene rings is 2. The van der Waals surface area contributed by atoms with Crippen molar-refractivity contribution in [2.45, 2.75) is 6.61 Å². The monoisotopic (exact) mass is 400 g/mol. The summed E-state index contributed by atoms with van der Waals surface area (Å²) in [6.07, 6.45) is 1.41. The van der Waals surface area contributed by atoms with Gasteiger partial charge in [0.15, 0.2) is 11.5 Å². The first-order valence-electron chi connectivity index (χ1n) is 8.49. The number of carboxylic acids is 1. The molecule has 1 heterocycles. The first kappa shape index (κ1) is 19.9. The van der Waals surface area contributed by atoms with Crippen molar-refractivity contribution >= 4 is 24.0 Å². The molecule has 3 rings (SSSR count). The minimum Gasteiger partial charge on any atom is -0.493 e. The number of methoxy groups -OCH3 is 1. The maximum Gasteiger partial charge on any atom is 0.329 e. The SMILES string of the molecule is COc1cc(/C=C2/NC(=O)N(CC(=O)O)C2=O)ccc1OCc1ccc(F)cc1. The van der Waals surface area contributed by atoms with Crippen LogP contribution in [0.3, 0.4) is 0 Å². The number of nitrogens with zero attached hydrogens (tertiary/aromatic N) is 1. The van der Waals surface area contributed by atoms with Crippen LogP contribution in [-0.4, -0.2) is 41.6 Å². The Balaban J connectivity index is 1.75. The first-order valence-corrected chi connectivity index (χ1v) is 8.49. The molecular weight excluding hydrogens is 383 g/mol. The van der Waals surface area contributed by atoms with E-state index in [2.05, 4.69) is 5.32 Å². The highest BCUT2D eigenvalue weighted by Crippen LogP contribution is 2.30. The summed E-state index contributed by atoms with van der Waals surface area (Å²) >= 11 is 0. The summed E-state index contributed by atoms with van der Waals surface area (Å²) < 4.78 is 24.0. The van der Waals surface area contributed by atoms with Gasteiger partial charge in [-0.1, -0.05) is 18.2 Å². The number of carbonyl (C=O) groups excluding carboxylic acids is 2. The third-order valence-corrected chi connectivity index (χ3v) is 4.06. The number of nitrogens with one attached hydrogen (secondary N) is 1. The average Bonchev–Trinajstić information content (AvgIpc) is 2.95.